The highest BCUT2D eigenvalue weighted by atomic mass is 16.5. The van der Waals surface area contributed by atoms with Crippen LogP contribution in [0.4, 0.5) is 0 Å². The van der Waals surface area contributed by atoms with Crippen molar-refractivity contribution in [1.82, 2.24) is 9.38 Å². The minimum absolute atomic E-state index is 0.175. The lowest BCUT2D eigenvalue weighted by atomic mass is 10.1. The van der Waals surface area contributed by atoms with Gasteiger partial charge in [-0.3, -0.25) is 0 Å². The van der Waals surface area contributed by atoms with Crippen molar-refractivity contribution < 1.29 is 4.74 Å². The molecule has 0 saturated heterocycles. The highest BCUT2D eigenvalue weighted by Gasteiger charge is 2.13. The van der Waals surface area contributed by atoms with E-state index in [1.165, 1.54) is 0 Å². The van der Waals surface area contributed by atoms with Gasteiger partial charge in [-0.25, -0.2) is 4.98 Å². The summed E-state index contributed by atoms with van der Waals surface area (Å²) in [5.74, 6) is 0.878. The van der Waals surface area contributed by atoms with Crippen molar-refractivity contribution in [3.63, 3.8) is 0 Å². The molecule has 0 aliphatic carbocycles. The molecule has 1 aromatic carbocycles. The Morgan fingerprint density at radius 1 is 1.14 bits per heavy atom. The van der Waals surface area contributed by atoms with Gasteiger partial charge in [0.25, 0.3) is 0 Å². The molecule has 114 valence electrons. The van der Waals surface area contributed by atoms with E-state index in [0.717, 1.165) is 34.8 Å². The third kappa shape index (κ3) is 2.83. The molecular weight excluding hydrogens is 274 g/mol. The summed E-state index contributed by atoms with van der Waals surface area (Å²) in [5.41, 5.74) is 9.95. The van der Waals surface area contributed by atoms with Gasteiger partial charge in [-0.05, 0) is 56.8 Å². The van der Waals surface area contributed by atoms with E-state index in [1.807, 2.05) is 50.4 Å². The molecule has 0 fully saturated rings. The summed E-state index contributed by atoms with van der Waals surface area (Å²) in [6, 6.07) is 14.1. The van der Waals surface area contributed by atoms with E-state index < -0.39 is 0 Å². The normalized spacial score (nSPS) is 11.3. The second kappa shape index (κ2) is 6.20. The fraction of sp³-hybridized carbons (Fsp3) is 0.278. The number of hydrogen-bond donors (Lipinski definition) is 1. The van der Waals surface area contributed by atoms with Crippen LogP contribution >= 0.6 is 0 Å². The van der Waals surface area contributed by atoms with Gasteiger partial charge in [0.1, 0.15) is 11.4 Å². The molecule has 0 saturated carbocycles. The van der Waals surface area contributed by atoms with Crippen molar-refractivity contribution in [2.75, 3.05) is 6.54 Å². The number of ether oxygens (including phenoxy) is 1. The Balaban J connectivity index is 2.03. The average Bonchev–Trinajstić information content (AvgIpc) is 2.87. The summed E-state index contributed by atoms with van der Waals surface area (Å²) in [6.45, 7) is 4.65. The molecule has 3 rings (SSSR count). The van der Waals surface area contributed by atoms with Crippen LogP contribution in [0.5, 0.6) is 5.75 Å². The molecule has 0 atom stereocenters. The Hall–Kier alpha value is -2.33. The molecule has 2 aromatic heterocycles. The van der Waals surface area contributed by atoms with Crippen molar-refractivity contribution in [3.05, 3.63) is 54.4 Å². The molecule has 4 heteroatoms. The smallest absolute Gasteiger partial charge is 0.137 e. The maximum Gasteiger partial charge on any atom is 0.137 e. The van der Waals surface area contributed by atoms with Crippen LogP contribution in [0.3, 0.4) is 0 Å². The second-order valence-electron chi connectivity index (χ2n) is 5.57. The fourth-order valence-corrected chi connectivity index (χ4v) is 2.62. The largest absolute Gasteiger partial charge is 0.491 e. The van der Waals surface area contributed by atoms with Gasteiger partial charge < -0.3 is 14.9 Å². The second-order valence-corrected chi connectivity index (χ2v) is 5.57. The van der Waals surface area contributed by atoms with Crippen LogP contribution in [-0.4, -0.2) is 22.0 Å². The minimum atomic E-state index is 0.175. The van der Waals surface area contributed by atoms with E-state index in [0.29, 0.717) is 6.54 Å². The molecule has 22 heavy (non-hydrogen) atoms. The first-order valence-corrected chi connectivity index (χ1v) is 7.62. The van der Waals surface area contributed by atoms with Crippen LogP contribution in [0.15, 0.2) is 48.7 Å². The summed E-state index contributed by atoms with van der Waals surface area (Å²) >= 11 is 0. The van der Waals surface area contributed by atoms with Gasteiger partial charge in [-0.15, -0.1) is 0 Å². The summed E-state index contributed by atoms with van der Waals surface area (Å²) in [4.78, 5) is 4.76. The number of imidazole rings is 1. The van der Waals surface area contributed by atoms with Gasteiger partial charge >= 0.3 is 0 Å². The quantitative estimate of drug-likeness (QED) is 0.786. The number of pyridine rings is 1. The SMILES string of the molecule is CC(C)Oc1ccc(-c2nc3ccccn3c2CCN)cc1. The third-order valence-corrected chi connectivity index (χ3v) is 3.51. The van der Waals surface area contributed by atoms with Gasteiger partial charge in [0.15, 0.2) is 0 Å². The van der Waals surface area contributed by atoms with Gasteiger partial charge in [-0.2, -0.15) is 0 Å². The van der Waals surface area contributed by atoms with E-state index in [9.17, 15) is 0 Å². The molecule has 4 nitrogen and oxygen atoms in total. The van der Waals surface area contributed by atoms with Crippen LogP contribution in [0, 0.1) is 0 Å². The molecule has 0 aliphatic heterocycles. The van der Waals surface area contributed by atoms with Crippen molar-refractivity contribution in [2.45, 2.75) is 26.4 Å². The van der Waals surface area contributed by atoms with Crippen molar-refractivity contribution in [1.29, 1.82) is 0 Å². The minimum Gasteiger partial charge on any atom is -0.491 e. The van der Waals surface area contributed by atoms with E-state index in [-0.39, 0.29) is 6.10 Å². The monoisotopic (exact) mass is 295 g/mol. The number of hydrogen-bond acceptors (Lipinski definition) is 3. The van der Waals surface area contributed by atoms with E-state index in [4.69, 9.17) is 15.5 Å². The lowest BCUT2D eigenvalue weighted by Crippen LogP contribution is -2.06. The zero-order valence-electron chi connectivity index (χ0n) is 13.0. The molecule has 0 amide bonds. The van der Waals surface area contributed by atoms with Crippen LogP contribution in [0.2, 0.25) is 0 Å². The lowest BCUT2D eigenvalue weighted by Gasteiger charge is -2.10. The Bertz CT molecular complexity index is 760. The molecular formula is C18H21N3O. The Morgan fingerprint density at radius 3 is 2.59 bits per heavy atom. The van der Waals surface area contributed by atoms with E-state index in [1.54, 1.807) is 0 Å². The molecule has 3 aromatic rings. The molecule has 0 bridgehead atoms. The molecule has 2 N–H and O–H groups in total. The molecule has 0 radical (unpaired) electrons. The molecule has 2 heterocycles. The summed E-state index contributed by atoms with van der Waals surface area (Å²) in [6.07, 6.45) is 3.01. The highest BCUT2D eigenvalue weighted by molar-refractivity contribution is 5.67. The van der Waals surface area contributed by atoms with Gasteiger partial charge in [-0.1, -0.05) is 6.07 Å². The molecule has 0 aliphatic rings. The average molecular weight is 295 g/mol. The Morgan fingerprint density at radius 2 is 1.91 bits per heavy atom. The maximum absolute atomic E-state index is 5.78. The zero-order chi connectivity index (χ0) is 15.5. The number of rotatable bonds is 5. The van der Waals surface area contributed by atoms with Crippen LogP contribution in [-0.2, 0) is 6.42 Å². The van der Waals surface area contributed by atoms with Crippen molar-refractivity contribution >= 4 is 5.65 Å². The first-order chi connectivity index (χ1) is 10.7. The van der Waals surface area contributed by atoms with Crippen LogP contribution < -0.4 is 10.5 Å². The predicted octanol–water partition coefficient (Wildman–Crippen LogP) is 3.29. The Labute approximate surface area is 130 Å². The lowest BCUT2D eigenvalue weighted by molar-refractivity contribution is 0.242. The number of nitrogens with zero attached hydrogens (tertiary/aromatic N) is 2. The number of aromatic nitrogens is 2. The van der Waals surface area contributed by atoms with Crippen LogP contribution in [0.1, 0.15) is 19.5 Å². The van der Waals surface area contributed by atoms with Gasteiger partial charge in [0, 0.05) is 18.2 Å². The molecule has 0 unspecified atom stereocenters. The first kappa shape index (κ1) is 14.6. The molecule has 0 spiro atoms. The number of benzene rings is 1. The summed E-state index contributed by atoms with van der Waals surface area (Å²) in [7, 11) is 0. The summed E-state index contributed by atoms with van der Waals surface area (Å²) < 4.78 is 7.81. The summed E-state index contributed by atoms with van der Waals surface area (Å²) in [5, 5.41) is 0. The van der Waals surface area contributed by atoms with Crippen molar-refractivity contribution in [3.8, 4) is 17.0 Å². The number of fused-ring (bicyclic) bond motifs is 1. The van der Waals surface area contributed by atoms with Gasteiger partial charge in [0.2, 0.25) is 0 Å². The fourth-order valence-electron chi connectivity index (χ4n) is 2.62. The van der Waals surface area contributed by atoms with Gasteiger partial charge in [0.05, 0.1) is 17.5 Å². The standard InChI is InChI=1S/C18H21N3O/c1-13(2)22-15-8-6-14(7-9-15)18-16(10-11-19)21-12-4-3-5-17(21)20-18/h3-9,12-13H,10-11,19H2,1-2H3. The van der Waals surface area contributed by atoms with Crippen LogP contribution in [0.25, 0.3) is 16.9 Å². The van der Waals surface area contributed by atoms with E-state index in [2.05, 4.69) is 16.5 Å². The first-order valence-electron chi connectivity index (χ1n) is 7.62. The Kier molecular flexibility index (Phi) is 4.11. The maximum atomic E-state index is 5.78. The third-order valence-electron chi connectivity index (χ3n) is 3.51. The van der Waals surface area contributed by atoms with E-state index >= 15 is 0 Å². The van der Waals surface area contributed by atoms with Crippen molar-refractivity contribution in [2.24, 2.45) is 5.73 Å². The number of nitrogens with two attached hydrogens (primary N) is 1. The topological polar surface area (TPSA) is 52.5 Å². The highest BCUT2D eigenvalue weighted by Crippen LogP contribution is 2.26. The predicted molar refractivity (Wildman–Crippen MR) is 89.2 cm³/mol. The zero-order valence-corrected chi connectivity index (χ0v) is 13.0.